The van der Waals surface area contributed by atoms with Crippen LogP contribution in [0.5, 0.6) is 5.75 Å². The minimum atomic E-state index is -0.172. The molecule has 0 saturated heterocycles. The summed E-state index contributed by atoms with van der Waals surface area (Å²) in [4.78, 5) is 0. The standard InChI is InChI=1S/C14H21NO2/c1-14(2)6-5-11-7-10(8-12(15)9-16)3-4-13(11)17-14/h3-4,7,12,16H,5-6,8-9,15H2,1-2H3. The van der Waals surface area contributed by atoms with Crippen molar-refractivity contribution in [2.75, 3.05) is 6.61 Å². The second-order valence-electron chi connectivity index (χ2n) is 5.45. The highest BCUT2D eigenvalue weighted by atomic mass is 16.5. The van der Waals surface area contributed by atoms with Gasteiger partial charge in [-0.1, -0.05) is 12.1 Å². The number of rotatable bonds is 3. The van der Waals surface area contributed by atoms with E-state index in [0.717, 1.165) is 18.6 Å². The van der Waals surface area contributed by atoms with E-state index in [1.807, 2.05) is 12.1 Å². The highest BCUT2D eigenvalue weighted by Gasteiger charge is 2.26. The van der Waals surface area contributed by atoms with Gasteiger partial charge in [-0.25, -0.2) is 0 Å². The van der Waals surface area contributed by atoms with Gasteiger partial charge in [-0.05, 0) is 50.3 Å². The molecule has 1 heterocycles. The Morgan fingerprint density at radius 1 is 1.47 bits per heavy atom. The molecule has 1 aliphatic heterocycles. The number of nitrogens with two attached hydrogens (primary N) is 1. The Kier molecular flexibility index (Phi) is 3.40. The zero-order valence-electron chi connectivity index (χ0n) is 10.6. The van der Waals surface area contributed by atoms with Crippen molar-refractivity contribution in [1.82, 2.24) is 0 Å². The normalized spacial score (nSPS) is 19.3. The summed E-state index contributed by atoms with van der Waals surface area (Å²) in [6.07, 6.45) is 2.80. The summed E-state index contributed by atoms with van der Waals surface area (Å²) in [5.41, 5.74) is 8.11. The van der Waals surface area contributed by atoms with E-state index >= 15 is 0 Å². The molecule has 0 fully saturated rings. The van der Waals surface area contributed by atoms with Crippen molar-refractivity contribution in [2.45, 2.75) is 44.8 Å². The summed E-state index contributed by atoms with van der Waals surface area (Å²) in [7, 11) is 0. The first-order valence-corrected chi connectivity index (χ1v) is 6.17. The zero-order valence-corrected chi connectivity index (χ0v) is 10.6. The van der Waals surface area contributed by atoms with Gasteiger partial charge < -0.3 is 15.6 Å². The summed E-state index contributed by atoms with van der Waals surface area (Å²) in [6.45, 7) is 4.26. The Morgan fingerprint density at radius 2 is 2.24 bits per heavy atom. The van der Waals surface area contributed by atoms with Gasteiger partial charge >= 0.3 is 0 Å². The second-order valence-corrected chi connectivity index (χ2v) is 5.45. The van der Waals surface area contributed by atoms with Crippen LogP contribution in [0.15, 0.2) is 18.2 Å². The van der Waals surface area contributed by atoms with Crippen molar-refractivity contribution in [2.24, 2.45) is 5.73 Å². The van der Waals surface area contributed by atoms with Gasteiger partial charge in [-0.3, -0.25) is 0 Å². The van der Waals surface area contributed by atoms with Crippen LogP contribution >= 0.6 is 0 Å². The molecule has 0 bridgehead atoms. The molecule has 1 unspecified atom stereocenters. The molecule has 0 spiro atoms. The summed E-state index contributed by atoms with van der Waals surface area (Å²) < 4.78 is 5.92. The fraction of sp³-hybridized carbons (Fsp3) is 0.571. The quantitative estimate of drug-likeness (QED) is 0.837. The van der Waals surface area contributed by atoms with E-state index in [2.05, 4.69) is 19.9 Å². The lowest BCUT2D eigenvalue weighted by Crippen LogP contribution is -2.32. The first kappa shape index (κ1) is 12.4. The molecular formula is C14H21NO2. The van der Waals surface area contributed by atoms with Crippen LogP contribution in [0.3, 0.4) is 0 Å². The Balaban J connectivity index is 2.16. The molecule has 0 amide bonds. The third kappa shape index (κ3) is 2.99. The van der Waals surface area contributed by atoms with E-state index in [0.29, 0.717) is 6.42 Å². The molecule has 0 radical (unpaired) electrons. The van der Waals surface area contributed by atoms with Crippen LogP contribution in [0.2, 0.25) is 0 Å². The third-order valence-corrected chi connectivity index (χ3v) is 3.24. The first-order valence-electron chi connectivity index (χ1n) is 6.17. The monoisotopic (exact) mass is 235 g/mol. The molecule has 1 aromatic carbocycles. The number of ether oxygens (including phenoxy) is 1. The predicted molar refractivity (Wildman–Crippen MR) is 68.2 cm³/mol. The van der Waals surface area contributed by atoms with Gasteiger partial charge in [0, 0.05) is 6.04 Å². The molecule has 3 nitrogen and oxygen atoms in total. The lowest BCUT2D eigenvalue weighted by Gasteiger charge is -2.32. The van der Waals surface area contributed by atoms with Gasteiger partial charge in [0.1, 0.15) is 11.4 Å². The second kappa shape index (κ2) is 4.67. The average molecular weight is 235 g/mol. The number of aliphatic hydroxyl groups is 1. The highest BCUT2D eigenvalue weighted by molar-refractivity contribution is 5.39. The minimum absolute atomic E-state index is 0.0284. The molecule has 17 heavy (non-hydrogen) atoms. The fourth-order valence-electron chi connectivity index (χ4n) is 2.21. The number of aliphatic hydroxyl groups excluding tert-OH is 1. The van der Waals surface area contributed by atoms with E-state index < -0.39 is 0 Å². The van der Waals surface area contributed by atoms with Gasteiger partial charge in [0.25, 0.3) is 0 Å². The van der Waals surface area contributed by atoms with Crippen molar-refractivity contribution in [3.63, 3.8) is 0 Å². The summed E-state index contributed by atoms with van der Waals surface area (Å²) in [6, 6.07) is 6.04. The van der Waals surface area contributed by atoms with Gasteiger partial charge in [0.05, 0.1) is 6.61 Å². The lowest BCUT2D eigenvalue weighted by molar-refractivity contribution is 0.0846. The summed E-state index contributed by atoms with van der Waals surface area (Å²) in [5, 5.41) is 8.95. The topological polar surface area (TPSA) is 55.5 Å². The van der Waals surface area contributed by atoms with Gasteiger partial charge in [0.15, 0.2) is 0 Å². The van der Waals surface area contributed by atoms with E-state index in [1.54, 1.807) is 0 Å². The highest BCUT2D eigenvalue weighted by Crippen LogP contribution is 2.33. The molecule has 3 heteroatoms. The first-order chi connectivity index (χ1) is 8.00. The molecular weight excluding hydrogens is 214 g/mol. The Bertz CT molecular complexity index is 401. The van der Waals surface area contributed by atoms with Crippen LogP contribution in [-0.4, -0.2) is 23.4 Å². The largest absolute Gasteiger partial charge is 0.488 e. The van der Waals surface area contributed by atoms with Crippen LogP contribution in [-0.2, 0) is 12.8 Å². The van der Waals surface area contributed by atoms with Crippen LogP contribution in [0.4, 0.5) is 0 Å². The van der Waals surface area contributed by atoms with Crippen LogP contribution < -0.4 is 10.5 Å². The molecule has 0 aromatic heterocycles. The maximum Gasteiger partial charge on any atom is 0.123 e. The Hall–Kier alpha value is -1.06. The molecule has 0 saturated carbocycles. The summed E-state index contributed by atoms with van der Waals surface area (Å²) in [5.74, 6) is 0.988. The number of aryl methyl sites for hydroxylation is 1. The zero-order chi connectivity index (χ0) is 12.5. The third-order valence-electron chi connectivity index (χ3n) is 3.24. The van der Waals surface area contributed by atoms with Crippen LogP contribution in [0, 0.1) is 0 Å². The molecule has 1 aliphatic rings. The van der Waals surface area contributed by atoms with Crippen molar-refractivity contribution >= 4 is 0 Å². The average Bonchev–Trinajstić information content (AvgIpc) is 2.28. The van der Waals surface area contributed by atoms with Gasteiger partial charge in [-0.2, -0.15) is 0 Å². The Morgan fingerprint density at radius 3 is 2.94 bits per heavy atom. The number of hydrogen-bond acceptors (Lipinski definition) is 3. The van der Waals surface area contributed by atoms with Gasteiger partial charge in [0.2, 0.25) is 0 Å². The number of benzene rings is 1. The fourth-order valence-corrected chi connectivity index (χ4v) is 2.21. The predicted octanol–water partition coefficient (Wildman–Crippen LogP) is 1.65. The van der Waals surface area contributed by atoms with Crippen LogP contribution in [0.1, 0.15) is 31.4 Å². The molecule has 94 valence electrons. The number of fused-ring (bicyclic) bond motifs is 1. The van der Waals surface area contributed by atoms with E-state index in [1.165, 1.54) is 11.1 Å². The maximum absolute atomic E-state index is 8.95. The summed E-state index contributed by atoms with van der Waals surface area (Å²) >= 11 is 0. The van der Waals surface area contributed by atoms with Crippen LogP contribution in [0.25, 0.3) is 0 Å². The number of hydrogen-bond donors (Lipinski definition) is 2. The van der Waals surface area contributed by atoms with Crippen molar-refractivity contribution < 1.29 is 9.84 Å². The SMILES string of the molecule is CC1(C)CCc2cc(CC(N)CO)ccc2O1. The molecule has 2 rings (SSSR count). The molecule has 3 N–H and O–H groups in total. The smallest absolute Gasteiger partial charge is 0.123 e. The minimum Gasteiger partial charge on any atom is -0.488 e. The lowest BCUT2D eigenvalue weighted by atomic mass is 9.92. The molecule has 1 aromatic rings. The van der Waals surface area contributed by atoms with Crippen molar-refractivity contribution in [3.05, 3.63) is 29.3 Å². The molecule has 0 aliphatic carbocycles. The van der Waals surface area contributed by atoms with Crippen molar-refractivity contribution in [3.8, 4) is 5.75 Å². The Labute approximate surface area is 103 Å². The molecule has 1 atom stereocenters. The van der Waals surface area contributed by atoms with Gasteiger partial charge in [-0.15, -0.1) is 0 Å². The maximum atomic E-state index is 8.95. The van der Waals surface area contributed by atoms with E-state index in [-0.39, 0.29) is 18.2 Å². The van der Waals surface area contributed by atoms with E-state index in [4.69, 9.17) is 15.6 Å². The van der Waals surface area contributed by atoms with E-state index in [9.17, 15) is 0 Å². The van der Waals surface area contributed by atoms with Crippen molar-refractivity contribution in [1.29, 1.82) is 0 Å².